The van der Waals surface area contributed by atoms with Crippen LogP contribution in [0.2, 0.25) is 0 Å². The Balaban J connectivity index is 1.71. The fourth-order valence-corrected chi connectivity index (χ4v) is 5.27. The summed E-state index contributed by atoms with van der Waals surface area (Å²) in [5, 5.41) is 12.7. The molecule has 2 heterocycles. The average molecular weight is 280 g/mol. The van der Waals surface area contributed by atoms with Crippen LogP contribution in [-0.2, 0) is 0 Å². The molecule has 98 valence electrons. The molecule has 1 nitrogen and oxygen atoms in total. The van der Waals surface area contributed by atoms with Gasteiger partial charge in [-0.15, -0.1) is 22.7 Å². The third kappa shape index (κ3) is 2.36. The molecule has 0 radical (unpaired) electrons. The van der Waals surface area contributed by atoms with Crippen LogP contribution in [0, 0.1) is 11.8 Å². The van der Waals surface area contributed by atoms with Gasteiger partial charge in [-0.25, -0.2) is 0 Å². The first-order chi connectivity index (χ1) is 8.78. The minimum atomic E-state index is -0.229. The van der Waals surface area contributed by atoms with Gasteiger partial charge in [-0.3, -0.25) is 0 Å². The van der Waals surface area contributed by atoms with Crippen LogP contribution in [0.15, 0.2) is 17.5 Å². The molecule has 2 aromatic heterocycles. The monoisotopic (exact) mass is 280 g/mol. The van der Waals surface area contributed by atoms with E-state index in [-0.39, 0.29) is 6.10 Å². The lowest BCUT2D eigenvalue weighted by molar-refractivity contribution is 0.0758. The van der Waals surface area contributed by atoms with Crippen LogP contribution in [0.1, 0.15) is 50.0 Å². The lowest BCUT2D eigenvalue weighted by Gasteiger charge is -2.30. The molecule has 1 atom stereocenters. The van der Waals surface area contributed by atoms with Crippen molar-refractivity contribution in [1.82, 2.24) is 0 Å². The summed E-state index contributed by atoms with van der Waals surface area (Å²) in [6.45, 7) is 2.29. The fourth-order valence-electron chi connectivity index (χ4n) is 3.07. The lowest BCUT2D eigenvalue weighted by Crippen LogP contribution is -2.19. The zero-order chi connectivity index (χ0) is 12.5. The van der Waals surface area contributed by atoms with Crippen molar-refractivity contribution in [2.75, 3.05) is 0 Å². The van der Waals surface area contributed by atoms with Crippen molar-refractivity contribution in [3.05, 3.63) is 22.4 Å². The SMILES string of the molecule is CCC1CCC(C(O)c2cc3sccc3s2)CC1. The smallest absolute Gasteiger partial charge is 0.0910 e. The molecule has 0 saturated heterocycles. The van der Waals surface area contributed by atoms with E-state index in [9.17, 15) is 5.11 Å². The highest BCUT2D eigenvalue weighted by Gasteiger charge is 2.27. The molecular formula is C15H20OS2. The number of aliphatic hydroxyl groups is 1. The molecule has 3 heteroatoms. The predicted octanol–water partition coefficient (Wildman–Crippen LogP) is 5.21. The Morgan fingerprint density at radius 2 is 2.06 bits per heavy atom. The maximum atomic E-state index is 10.5. The van der Waals surface area contributed by atoms with Crippen molar-refractivity contribution < 1.29 is 5.11 Å². The van der Waals surface area contributed by atoms with E-state index < -0.39 is 0 Å². The van der Waals surface area contributed by atoms with Crippen molar-refractivity contribution in [1.29, 1.82) is 0 Å². The number of aliphatic hydroxyl groups excluding tert-OH is 1. The highest BCUT2D eigenvalue weighted by molar-refractivity contribution is 7.26. The van der Waals surface area contributed by atoms with E-state index in [4.69, 9.17) is 0 Å². The third-order valence-corrected chi connectivity index (χ3v) is 6.53. The molecule has 0 bridgehead atoms. The Bertz CT molecular complexity index is 477. The van der Waals surface area contributed by atoms with E-state index in [0.717, 1.165) is 5.92 Å². The van der Waals surface area contributed by atoms with Gasteiger partial charge >= 0.3 is 0 Å². The van der Waals surface area contributed by atoms with E-state index in [2.05, 4.69) is 24.4 Å². The van der Waals surface area contributed by atoms with Crippen molar-refractivity contribution in [3.63, 3.8) is 0 Å². The van der Waals surface area contributed by atoms with Gasteiger partial charge in [-0.2, -0.15) is 0 Å². The van der Waals surface area contributed by atoms with Crippen LogP contribution < -0.4 is 0 Å². The van der Waals surface area contributed by atoms with Crippen LogP contribution in [0.5, 0.6) is 0 Å². The van der Waals surface area contributed by atoms with Crippen molar-refractivity contribution >= 4 is 32.1 Å². The summed E-state index contributed by atoms with van der Waals surface area (Å²) < 4.78 is 2.66. The first kappa shape index (κ1) is 12.6. The standard InChI is InChI=1S/C15H20OS2/c1-2-10-3-5-11(6-4-10)15(16)14-9-13-12(18-14)7-8-17-13/h7-11,15-16H,2-6H2,1H3. The zero-order valence-corrected chi connectivity index (χ0v) is 12.4. The Kier molecular flexibility index (Phi) is 3.73. The Hall–Kier alpha value is -0.380. The summed E-state index contributed by atoms with van der Waals surface area (Å²) in [6, 6.07) is 4.36. The molecule has 1 saturated carbocycles. The zero-order valence-electron chi connectivity index (χ0n) is 10.8. The molecular weight excluding hydrogens is 260 g/mol. The Morgan fingerprint density at radius 3 is 2.72 bits per heavy atom. The maximum absolute atomic E-state index is 10.5. The van der Waals surface area contributed by atoms with Crippen molar-refractivity contribution in [2.45, 2.75) is 45.1 Å². The molecule has 0 spiro atoms. The minimum Gasteiger partial charge on any atom is -0.387 e. The van der Waals surface area contributed by atoms with Crippen LogP contribution in [0.4, 0.5) is 0 Å². The van der Waals surface area contributed by atoms with E-state index in [1.165, 1.54) is 46.4 Å². The number of hydrogen-bond acceptors (Lipinski definition) is 3. The minimum absolute atomic E-state index is 0.229. The van der Waals surface area contributed by atoms with Crippen molar-refractivity contribution in [3.8, 4) is 0 Å². The molecule has 1 aliphatic rings. The van der Waals surface area contributed by atoms with Gasteiger partial charge in [0.2, 0.25) is 0 Å². The maximum Gasteiger partial charge on any atom is 0.0910 e. The second-order valence-corrected chi connectivity index (χ2v) is 7.49. The van der Waals surface area contributed by atoms with Gasteiger partial charge in [0.05, 0.1) is 6.10 Å². The van der Waals surface area contributed by atoms with Crippen LogP contribution in [0.25, 0.3) is 9.40 Å². The summed E-state index contributed by atoms with van der Waals surface area (Å²) in [5.74, 6) is 1.39. The second-order valence-electron chi connectivity index (χ2n) is 5.43. The highest BCUT2D eigenvalue weighted by Crippen LogP contribution is 2.41. The van der Waals surface area contributed by atoms with E-state index in [1.54, 1.807) is 22.7 Å². The molecule has 1 aliphatic carbocycles. The van der Waals surface area contributed by atoms with Gasteiger partial charge in [0, 0.05) is 14.3 Å². The molecule has 3 rings (SSSR count). The topological polar surface area (TPSA) is 20.2 Å². The second kappa shape index (κ2) is 5.32. The molecule has 18 heavy (non-hydrogen) atoms. The molecule has 2 aromatic rings. The fraction of sp³-hybridized carbons (Fsp3) is 0.600. The van der Waals surface area contributed by atoms with E-state index in [1.807, 2.05) is 0 Å². The van der Waals surface area contributed by atoms with Gasteiger partial charge in [-0.05, 0) is 42.2 Å². The van der Waals surface area contributed by atoms with E-state index in [0.29, 0.717) is 5.92 Å². The molecule has 0 aliphatic heterocycles. The number of rotatable bonds is 3. The van der Waals surface area contributed by atoms with Crippen LogP contribution >= 0.6 is 22.7 Å². The number of fused-ring (bicyclic) bond motifs is 1. The van der Waals surface area contributed by atoms with E-state index >= 15 is 0 Å². The number of thiophene rings is 2. The molecule has 0 amide bonds. The largest absolute Gasteiger partial charge is 0.387 e. The van der Waals surface area contributed by atoms with Crippen LogP contribution in [-0.4, -0.2) is 5.11 Å². The Morgan fingerprint density at radius 1 is 1.28 bits per heavy atom. The third-order valence-electron chi connectivity index (χ3n) is 4.37. The van der Waals surface area contributed by atoms with Gasteiger partial charge in [0.1, 0.15) is 0 Å². The molecule has 1 unspecified atom stereocenters. The first-order valence-corrected chi connectivity index (χ1v) is 8.62. The normalized spacial score (nSPS) is 26.6. The summed E-state index contributed by atoms with van der Waals surface area (Å²) in [7, 11) is 0. The summed E-state index contributed by atoms with van der Waals surface area (Å²) in [4.78, 5) is 1.18. The average Bonchev–Trinajstić information content (AvgIpc) is 2.99. The molecule has 0 aromatic carbocycles. The predicted molar refractivity (Wildman–Crippen MR) is 80.4 cm³/mol. The van der Waals surface area contributed by atoms with Crippen molar-refractivity contribution in [2.24, 2.45) is 11.8 Å². The van der Waals surface area contributed by atoms with Gasteiger partial charge < -0.3 is 5.11 Å². The lowest BCUT2D eigenvalue weighted by atomic mass is 9.78. The quantitative estimate of drug-likeness (QED) is 0.818. The van der Waals surface area contributed by atoms with Gasteiger partial charge in [-0.1, -0.05) is 26.2 Å². The first-order valence-electron chi connectivity index (χ1n) is 6.93. The Labute approximate surface area is 116 Å². The summed E-state index contributed by atoms with van der Waals surface area (Å²) in [6.07, 6.45) is 6.08. The number of hydrogen-bond donors (Lipinski definition) is 1. The van der Waals surface area contributed by atoms with Crippen LogP contribution in [0.3, 0.4) is 0 Å². The summed E-state index contributed by atoms with van der Waals surface area (Å²) >= 11 is 3.55. The highest BCUT2D eigenvalue weighted by atomic mass is 32.1. The summed E-state index contributed by atoms with van der Waals surface area (Å²) in [5.41, 5.74) is 0. The molecule has 1 fully saturated rings. The van der Waals surface area contributed by atoms with Gasteiger partial charge in [0.25, 0.3) is 0 Å². The van der Waals surface area contributed by atoms with Gasteiger partial charge in [0.15, 0.2) is 0 Å². The molecule has 1 N–H and O–H groups in total.